The van der Waals surface area contributed by atoms with Gasteiger partial charge in [0.15, 0.2) is 5.11 Å². The number of carbonyl (C=O) groups is 1. The van der Waals surface area contributed by atoms with E-state index in [9.17, 15) is 4.79 Å². The summed E-state index contributed by atoms with van der Waals surface area (Å²) in [5, 5.41) is 3.28. The molecule has 1 amide bonds. The van der Waals surface area contributed by atoms with Gasteiger partial charge in [0, 0.05) is 16.8 Å². The standard InChI is InChI=1S/C14H14N4OS2/c1-21-11-7-5-10(6-8-11)16-14(20)18-17-13(19)12-4-2-3-9-15-12/h2-9H,1H3,(H,17,19)(H2,16,18,20). The molecule has 0 aliphatic heterocycles. The van der Waals surface area contributed by atoms with Crippen LogP contribution in [0.2, 0.25) is 0 Å². The van der Waals surface area contributed by atoms with Gasteiger partial charge >= 0.3 is 0 Å². The van der Waals surface area contributed by atoms with E-state index in [1.54, 1.807) is 36.2 Å². The van der Waals surface area contributed by atoms with Crippen LogP contribution in [0, 0.1) is 0 Å². The van der Waals surface area contributed by atoms with Crippen molar-refractivity contribution in [2.24, 2.45) is 0 Å². The number of benzene rings is 1. The molecule has 2 rings (SSSR count). The number of carbonyl (C=O) groups excluding carboxylic acids is 1. The molecule has 1 heterocycles. The van der Waals surface area contributed by atoms with Gasteiger partial charge in [0.2, 0.25) is 0 Å². The van der Waals surface area contributed by atoms with E-state index in [4.69, 9.17) is 12.2 Å². The summed E-state index contributed by atoms with van der Waals surface area (Å²) in [6.45, 7) is 0. The van der Waals surface area contributed by atoms with Crippen molar-refractivity contribution < 1.29 is 4.79 Å². The molecule has 0 saturated carbocycles. The Morgan fingerprint density at radius 2 is 1.90 bits per heavy atom. The first-order valence-electron chi connectivity index (χ1n) is 6.11. The third-order valence-corrected chi connectivity index (χ3v) is 3.48. The zero-order valence-corrected chi connectivity index (χ0v) is 12.9. The van der Waals surface area contributed by atoms with E-state index in [1.807, 2.05) is 30.5 Å². The van der Waals surface area contributed by atoms with E-state index in [0.29, 0.717) is 10.8 Å². The van der Waals surface area contributed by atoms with Crippen LogP contribution in [0.15, 0.2) is 53.6 Å². The van der Waals surface area contributed by atoms with Crippen LogP contribution >= 0.6 is 24.0 Å². The lowest BCUT2D eigenvalue weighted by atomic mass is 10.3. The zero-order chi connectivity index (χ0) is 15.1. The summed E-state index contributed by atoms with van der Waals surface area (Å²) in [4.78, 5) is 16.9. The van der Waals surface area contributed by atoms with Crippen molar-refractivity contribution in [2.75, 3.05) is 11.6 Å². The number of aromatic nitrogens is 1. The molecule has 0 aliphatic rings. The third-order valence-electron chi connectivity index (χ3n) is 2.53. The van der Waals surface area contributed by atoms with Gasteiger partial charge in [-0.2, -0.15) is 0 Å². The van der Waals surface area contributed by atoms with Crippen molar-refractivity contribution in [1.29, 1.82) is 0 Å². The normalized spacial score (nSPS) is 9.76. The van der Waals surface area contributed by atoms with Crippen LogP contribution in [-0.2, 0) is 0 Å². The Labute approximate surface area is 132 Å². The second-order valence-electron chi connectivity index (χ2n) is 3.98. The number of thiocarbonyl (C=S) groups is 1. The number of nitrogens with one attached hydrogen (secondary N) is 3. The van der Waals surface area contributed by atoms with Gasteiger partial charge in [-0.3, -0.25) is 20.6 Å². The maximum absolute atomic E-state index is 11.8. The first-order valence-corrected chi connectivity index (χ1v) is 7.75. The van der Waals surface area contributed by atoms with Crippen molar-refractivity contribution in [2.45, 2.75) is 4.90 Å². The fourth-order valence-electron chi connectivity index (χ4n) is 1.51. The zero-order valence-electron chi connectivity index (χ0n) is 11.3. The number of pyridine rings is 1. The minimum atomic E-state index is -0.350. The molecular formula is C14H14N4OS2. The molecule has 2 aromatic rings. The van der Waals surface area contributed by atoms with Crippen LogP contribution in [0.4, 0.5) is 5.69 Å². The molecule has 0 spiro atoms. The summed E-state index contributed by atoms with van der Waals surface area (Å²) in [6.07, 6.45) is 3.57. The Bertz CT molecular complexity index is 617. The van der Waals surface area contributed by atoms with Gasteiger partial charge in [0.1, 0.15) is 5.69 Å². The van der Waals surface area contributed by atoms with E-state index < -0.39 is 0 Å². The van der Waals surface area contributed by atoms with E-state index in [1.165, 1.54) is 4.90 Å². The predicted octanol–water partition coefficient (Wildman–Crippen LogP) is 2.43. The molecule has 0 atom stereocenters. The van der Waals surface area contributed by atoms with Crippen molar-refractivity contribution >= 4 is 40.7 Å². The van der Waals surface area contributed by atoms with Gasteiger partial charge in [0.25, 0.3) is 5.91 Å². The van der Waals surface area contributed by atoms with Gasteiger partial charge in [-0.15, -0.1) is 11.8 Å². The quantitative estimate of drug-likeness (QED) is 0.459. The maximum atomic E-state index is 11.8. The summed E-state index contributed by atoms with van der Waals surface area (Å²) in [5.41, 5.74) is 6.28. The fraction of sp³-hybridized carbons (Fsp3) is 0.0714. The number of amides is 1. The molecule has 3 N–H and O–H groups in total. The van der Waals surface area contributed by atoms with E-state index in [0.717, 1.165) is 5.69 Å². The van der Waals surface area contributed by atoms with Crippen LogP contribution < -0.4 is 16.2 Å². The van der Waals surface area contributed by atoms with Gasteiger partial charge in [0.05, 0.1) is 0 Å². The molecule has 0 saturated heterocycles. The van der Waals surface area contributed by atoms with Crippen LogP contribution in [-0.4, -0.2) is 22.3 Å². The molecule has 5 nitrogen and oxygen atoms in total. The lowest BCUT2D eigenvalue weighted by Crippen LogP contribution is -2.44. The van der Waals surface area contributed by atoms with Crippen molar-refractivity contribution in [1.82, 2.24) is 15.8 Å². The maximum Gasteiger partial charge on any atom is 0.288 e. The number of anilines is 1. The molecule has 0 fully saturated rings. The number of hydrogen-bond donors (Lipinski definition) is 3. The van der Waals surface area contributed by atoms with E-state index in [-0.39, 0.29) is 5.91 Å². The lowest BCUT2D eigenvalue weighted by molar-refractivity contribution is 0.0939. The highest BCUT2D eigenvalue weighted by molar-refractivity contribution is 7.98. The third kappa shape index (κ3) is 4.73. The number of hydrogen-bond acceptors (Lipinski definition) is 4. The monoisotopic (exact) mass is 318 g/mol. The van der Waals surface area contributed by atoms with Crippen LogP contribution in [0.3, 0.4) is 0 Å². The average Bonchev–Trinajstić information content (AvgIpc) is 2.54. The van der Waals surface area contributed by atoms with Crippen molar-refractivity contribution in [3.05, 3.63) is 54.4 Å². The molecule has 0 bridgehead atoms. The Morgan fingerprint density at radius 3 is 2.52 bits per heavy atom. The fourth-order valence-corrected chi connectivity index (χ4v) is 2.09. The first kappa shape index (κ1) is 15.3. The van der Waals surface area contributed by atoms with Gasteiger partial charge in [-0.05, 0) is 54.9 Å². The molecule has 108 valence electrons. The average molecular weight is 318 g/mol. The first-order chi connectivity index (χ1) is 10.2. The molecule has 1 aromatic heterocycles. The van der Waals surface area contributed by atoms with Crippen LogP contribution in [0.1, 0.15) is 10.5 Å². The smallest absolute Gasteiger partial charge is 0.288 e. The van der Waals surface area contributed by atoms with Gasteiger partial charge in [-0.25, -0.2) is 0 Å². The van der Waals surface area contributed by atoms with E-state index >= 15 is 0 Å². The molecule has 0 aliphatic carbocycles. The predicted molar refractivity (Wildman–Crippen MR) is 89.3 cm³/mol. The second-order valence-corrected chi connectivity index (χ2v) is 5.26. The highest BCUT2D eigenvalue weighted by Crippen LogP contribution is 2.17. The highest BCUT2D eigenvalue weighted by atomic mass is 32.2. The molecule has 0 unspecified atom stereocenters. The highest BCUT2D eigenvalue weighted by Gasteiger charge is 2.06. The lowest BCUT2D eigenvalue weighted by Gasteiger charge is -2.11. The Balaban J connectivity index is 1.83. The minimum absolute atomic E-state index is 0.302. The van der Waals surface area contributed by atoms with Crippen molar-refractivity contribution in [3.63, 3.8) is 0 Å². The number of nitrogens with zero attached hydrogens (tertiary/aromatic N) is 1. The topological polar surface area (TPSA) is 66.0 Å². The number of hydrazine groups is 1. The van der Waals surface area contributed by atoms with E-state index in [2.05, 4.69) is 21.2 Å². The Kier molecular flexibility index (Phi) is 5.53. The molecular weight excluding hydrogens is 304 g/mol. The Hall–Kier alpha value is -2.12. The summed E-state index contributed by atoms with van der Waals surface area (Å²) in [7, 11) is 0. The molecule has 21 heavy (non-hydrogen) atoms. The van der Waals surface area contributed by atoms with Crippen molar-refractivity contribution in [3.8, 4) is 0 Å². The van der Waals surface area contributed by atoms with Crippen LogP contribution in [0.5, 0.6) is 0 Å². The Morgan fingerprint density at radius 1 is 1.14 bits per heavy atom. The molecule has 1 aromatic carbocycles. The second kappa shape index (κ2) is 7.61. The number of rotatable bonds is 3. The largest absolute Gasteiger partial charge is 0.331 e. The molecule has 0 radical (unpaired) electrons. The van der Waals surface area contributed by atoms with Crippen LogP contribution in [0.25, 0.3) is 0 Å². The summed E-state index contributed by atoms with van der Waals surface area (Å²) in [5.74, 6) is -0.350. The minimum Gasteiger partial charge on any atom is -0.331 e. The van der Waals surface area contributed by atoms with Gasteiger partial charge < -0.3 is 5.32 Å². The number of thioether (sulfide) groups is 1. The van der Waals surface area contributed by atoms with Gasteiger partial charge in [-0.1, -0.05) is 6.07 Å². The summed E-state index contributed by atoms with van der Waals surface area (Å²) in [6, 6.07) is 12.9. The molecule has 7 heteroatoms. The summed E-state index contributed by atoms with van der Waals surface area (Å²) < 4.78 is 0. The summed E-state index contributed by atoms with van der Waals surface area (Å²) >= 11 is 6.77. The SMILES string of the molecule is CSc1ccc(NC(=S)NNC(=O)c2ccccn2)cc1.